The predicted molar refractivity (Wildman–Crippen MR) is 78.0 cm³/mol. The van der Waals surface area contributed by atoms with Gasteiger partial charge in [0.15, 0.2) is 0 Å². The Balaban J connectivity index is 0.000000581. The van der Waals surface area contributed by atoms with Crippen LogP contribution in [0, 0.1) is 5.92 Å². The minimum atomic E-state index is 0.578. The van der Waals surface area contributed by atoms with Crippen LogP contribution in [0.3, 0.4) is 0 Å². The highest BCUT2D eigenvalue weighted by atomic mass is 15.2. The third-order valence-electron chi connectivity index (χ3n) is 3.67. The maximum absolute atomic E-state index is 6.08. The van der Waals surface area contributed by atoms with Crippen molar-refractivity contribution < 1.29 is 0 Å². The summed E-state index contributed by atoms with van der Waals surface area (Å²) >= 11 is 0. The molecule has 1 fully saturated rings. The van der Waals surface area contributed by atoms with Gasteiger partial charge in [0.2, 0.25) is 0 Å². The molecule has 0 aliphatic carbocycles. The fourth-order valence-electron chi connectivity index (χ4n) is 2.77. The average Bonchev–Trinajstić information content (AvgIpc) is 2.41. The van der Waals surface area contributed by atoms with Crippen LogP contribution in [0.4, 0.5) is 0 Å². The van der Waals surface area contributed by atoms with E-state index in [0.717, 1.165) is 18.3 Å². The molecule has 0 saturated carbocycles. The van der Waals surface area contributed by atoms with E-state index < -0.39 is 0 Å². The van der Waals surface area contributed by atoms with Gasteiger partial charge in [-0.25, -0.2) is 0 Å². The van der Waals surface area contributed by atoms with Gasteiger partial charge < -0.3 is 5.73 Å². The van der Waals surface area contributed by atoms with Crippen molar-refractivity contribution in [1.29, 1.82) is 0 Å². The van der Waals surface area contributed by atoms with Crippen molar-refractivity contribution in [3.63, 3.8) is 0 Å². The smallest absolute Gasteiger partial charge is 0.0213 e. The minimum Gasteiger partial charge on any atom is -0.402 e. The molecule has 2 heterocycles. The average molecular weight is 240 g/mol. The molecule has 0 bridgehead atoms. The topological polar surface area (TPSA) is 29.3 Å². The lowest BCUT2D eigenvalue weighted by Gasteiger charge is -2.43. The van der Waals surface area contributed by atoms with Gasteiger partial charge in [-0.15, -0.1) is 0 Å². The fraction of sp³-hybridized carbons (Fsp3) is 0.867. The first-order chi connectivity index (χ1) is 8.20. The zero-order valence-electron chi connectivity index (χ0n) is 12.7. The van der Waals surface area contributed by atoms with Crippen LogP contribution in [0.1, 0.15) is 60.8 Å². The van der Waals surface area contributed by atoms with Crippen LogP contribution in [-0.2, 0) is 0 Å². The highest BCUT2D eigenvalue weighted by Gasteiger charge is 2.32. The molecule has 1 saturated heterocycles. The van der Waals surface area contributed by atoms with Gasteiger partial charge in [-0.05, 0) is 31.9 Å². The Bertz CT molecular complexity index is 233. The van der Waals surface area contributed by atoms with E-state index in [2.05, 4.69) is 18.7 Å². The molecule has 2 heteroatoms. The molecule has 0 aromatic rings. The first kappa shape index (κ1) is 16.5. The second kappa shape index (κ2) is 8.57. The molecule has 102 valence electrons. The van der Waals surface area contributed by atoms with E-state index in [4.69, 9.17) is 5.73 Å². The number of hydrogen-bond donors (Lipinski definition) is 1. The highest BCUT2D eigenvalue weighted by molar-refractivity contribution is 5.19. The molecule has 2 rings (SSSR count). The van der Waals surface area contributed by atoms with E-state index in [1.807, 2.05) is 27.7 Å². The largest absolute Gasteiger partial charge is 0.402 e. The summed E-state index contributed by atoms with van der Waals surface area (Å²) in [5, 5.41) is 0. The van der Waals surface area contributed by atoms with Crippen LogP contribution < -0.4 is 5.73 Å². The third-order valence-corrected chi connectivity index (χ3v) is 3.67. The first-order valence-corrected chi connectivity index (χ1v) is 7.39. The normalized spacial score (nSPS) is 28.4. The monoisotopic (exact) mass is 240 g/mol. The molecular formula is C15H32N2. The van der Waals surface area contributed by atoms with E-state index >= 15 is 0 Å². The zero-order chi connectivity index (χ0) is 13.4. The Morgan fingerprint density at radius 3 is 2.29 bits per heavy atom. The number of rotatable bonds is 0. The Labute approximate surface area is 108 Å². The van der Waals surface area contributed by atoms with Crippen molar-refractivity contribution >= 4 is 0 Å². The molecule has 2 atom stereocenters. The quantitative estimate of drug-likeness (QED) is 0.698. The molecule has 2 aliphatic rings. The van der Waals surface area contributed by atoms with Crippen LogP contribution in [-0.4, -0.2) is 24.0 Å². The molecule has 0 radical (unpaired) electrons. The van der Waals surface area contributed by atoms with Crippen LogP contribution >= 0.6 is 0 Å². The Kier molecular flexibility index (Phi) is 8.32. The molecule has 2 aliphatic heterocycles. The number of fused-ring (bicyclic) bond motifs is 1. The maximum Gasteiger partial charge on any atom is 0.0213 e. The van der Waals surface area contributed by atoms with Crippen molar-refractivity contribution in [3.05, 3.63) is 11.3 Å². The summed E-state index contributed by atoms with van der Waals surface area (Å²) in [5.41, 5.74) is 8.63. The molecule has 0 spiro atoms. The van der Waals surface area contributed by atoms with Gasteiger partial charge in [0.1, 0.15) is 0 Å². The van der Waals surface area contributed by atoms with E-state index in [1.165, 1.54) is 31.4 Å². The van der Waals surface area contributed by atoms with Gasteiger partial charge in [-0.2, -0.15) is 0 Å². The molecular weight excluding hydrogens is 208 g/mol. The van der Waals surface area contributed by atoms with E-state index in [0.29, 0.717) is 5.92 Å². The summed E-state index contributed by atoms with van der Waals surface area (Å²) in [4.78, 5) is 2.61. The lowest BCUT2D eigenvalue weighted by atomic mass is 9.84. The van der Waals surface area contributed by atoms with Crippen LogP contribution in [0.25, 0.3) is 0 Å². The van der Waals surface area contributed by atoms with Gasteiger partial charge in [0.25, 0.3) is 0 Å². The van der Waals surface area contributed by atoms with Gasteiger partial charge >= 0.3 is 0 Å². The van der Waals surface area contributed by atoms with Crippen molar-refractivity contribution in [3.8, 4) is 0 Å². The fourth-order valence-corrected chi connectivity index (χ4v) is 2.77. The Morgan fingerprint density at radius 1 is 1.12 bits per heavy atom. The second-order valence-electron chi connectivity index (χ2n) is 4.56. The van der Waals surface area contributed by atoms with Crippen molar-refractivity contribution in [1.82, 2.24) is 4.90 Å². The third kappa shape index (κ3) is 4.02. The lowest BCUT2D eigenvalue weighted by molar-refractivity contribution is 0.115. The summed E-state index contributed by atoms with van der Waals surface area (Å²) in [5.74, 6) is 0.578. The number of nitrogens with two attached hydrogens (primary N) is 1. The summed E-state index contributed by atoms with van der Waals surface area (Å²) in [6.45, 7) is 14.8. The summed E-state index contributed by atoms with van der Waals surface area (Å²) in [6, 6.07) is 0.734. The SMILES string of the molecule is CC.CC.CC1=C(N)C(C)C2CCCCN2C1. The summed E-state index contributed by atoms with van der Waals surface area (Å²) < 4.78 is 0. The molecule has 2 nitrogen and oxygen atoms in total. The molecule has 2 unspecified atom stereocenters. The standard InChI is InChI=1S/C11H20N2.2C2H6/c1-8-7-13-6-4-3-5-10(13)9(2)11(8)12;2*1-2/h9-10H,3-7,12H2,1-2H3;2*1-2H3. The minimum absolute atomic E-state index is 0.578. The van der Waals surface area contributed by atoms with Gasteiger partial charge in [0.05, 0.1) is 0 Å². The van der Waals surface area contributed by atoms with Gasteiger partial charge in [-0.3, -0.25) is 4.90 Å². The molecule has 0 aromatic carbocycles. The predicted octanol–water partition coefficient (Wildman–Crippen LogP) is 3.78. The lowest BCUT2D eigenvalue weighted by Crippen LogP contribution is -2.49. The van der Waals surface area contributed by atoms with Crippen molar-refractivity contribution in [2.45, 2.75) is 66.8 Å². The molecule has 0 amide bonds. The number of piperidine rings is 1. The van der Waals surface area contributed by atoms with Gasteiger partial charge in [0, 0.05) is 24.2 Å². The Hall–Kier alpha value is -0.500. The molecule has 17 heavy (non-hydrogen) atoms. The highest BCUT2D eigenvalue weighted by Crippen LogP contribution is 2.31. The summed E-state index contributed by atoms with van der Waals surface area (Å²) in [7, 11) is 0. The van der Waals surface area contributed by atoms with E-state index in [-0.39, 0.29) is 0 Å². The zero-order valence-corrected chi connectivity index (χ0v) is 12.7. The van der Waals surface area contributed by atoms with Crippen LogP contribution in [0.2, 0.25) is 0 Å². The van der Waals surface area contributed by atoms with Crippen molar-refractivity contribution in [2.24, 2.45) is 11.7 Å². The van der Waals surface area contributed by atoms with Gasteiger partial charge in [-0.1, -0.05) is 41.0 Å². The first-order valence-electron chi connectivity index (χ1n) is 7.39. The maximum atomic E-state index is 6.08. The van der Waals surface area contributed by atoms with E-state index in [1.54, 1.807) is 0 Å². The van der Waals surface area contributed by atoms with Crippen LogP contribution in [0.5, 0.6) is 0 Å². The molecule has 0 aromatic heterocycles. The summed E-state index contributed by atoms with van der Waals surface area (Å²) in [6.07, 6.45) is 4.10. The number of hydrogen-bond acceptors (Lipinski definition) is 2. The molecule has 2 N–H and O–H groups in total. The van der Waals surface area contributed by atoms with Crippen molar-refractivity contribution in [2.75, 3.05) is 13.1 Å². The second-order valence-corrected chi connectivity index (χ2v) is 4.56. The number of nitrogens with zero attached hydrogens (tertiary/aromatic N) is 1. The van der Waals surface area contributed by atoms with Crippen LogP contribution in [0.15, 0.2) is 11.3 Å². The van der Waals surface area contributed by atoms with E-state index in [9.17, 15) is 0 Å². The Morgan fingerprint density at radius 2 is 1.71 bits per heavy atom.